The molecule has 3 atom stereocenters. The molecule has 2 aliphatic carbocycles. The van der Waals surface area contributed by atoms with Gasteiger partial charge in [0, 0.05) is 30.6 Å². The molecule has 0 aromatic carbocycles. The molecule has 0 radical (unpaired) electrons. The van der Waals surface area contributed by atoms with Gasteiger partial charge in [0.15, 0.2) is 5.82 Å². The molecule has 22 heavy (non-hydrogen) atoms. The van der Waals surface area contributed by atoms with E-state index in [0.29, 0.717) is 24.2 Å². The zero-order valence-electron chi connectivity index (χ0n) is 12.2. The molecule has 112 valence electrons. The summed E-state index contributed by atoms with van der Waals surface area (Å²) >= 11 is 0. The topological polar surface area (TPSA) is 59.8 Å². The van der Waals surface area contributed by atoms with E-state index in [1.165, 1.54) is 0 Å². The molecule has 1 N–H and O–H groups in total. The van der Waals surface area contributed by atoms with E-state index in [-0.39, 0.29) is 11.8 Å². The second-order valence-electron chi connectivity index (χ2n) is 6.14. The minimum Gasteiger partial charge on any atom is -0.309 e. The van der Waals surface area contributed by atoms with Gasteiger partial charge in [-0.15, -0.1) is 0 Å². The van der Waals surface area contributed by atoms with Gasteiger partial charge in [0.1, 0.15) is 0 Å². The summed E-state index contributed by atoms with van der Waals surface area (Å²) in [4.78, 5) is 16.5. The lowest BCUT2D eigenvalue weighted by atomic mass is 9.93. The minimum absolute atomic E-state index is 0.100. The molecule has 0 aliphatic heterocycles. The van der Waals surface area contributed by atoms with Crippen LogP contribution in [-0.2, 0) is 11.3 Å². The molecule has 2 aromatic rings. The summed E-state index contributed by atoms with van der Waals surface area (Å²) in [7, 11) is 0. The lowest BCUT2D eigenvalue weighted by Gasteiger charge is -2.16. The second-order valence-corrected chi connectivity index (χ2v) is 6.14. The third-order valence-electron chi connectivity index (χ3n) is 4.57. The second kappa shape index (κ2) is 5.40. The van der Waals surface area contributed by atoms with Crippen LogP contribution in [0, 0.1) is 17.8 Å². The third-order valence-corrected chi connectivity index (χ3v) is 4.57. The van der Waals surface area contributed by atoms with Crippen LogP contribution in [-0.4, -0.2) is 20.7 Å². The number of hydrogen-bond acceptors (Lipinski definition) is 3. The lowest BCUT2D eigenvalue weighted by Crippen LogP contribution is -2.26. The van der Waals surface area contributed by atoms with E-state index in [2.05, 4.69) is 27.6 Å². The Morgan fingerprint density at radius 1 is 1.32 bits per heavy atom. The lowest BCUT2D eigenvalue weighted by molar-refractivity contribution is -0.120. The number of allylic oxidation sites excluding steroid dienone is 2. The highest BCUT2D eigenvalue weighted by Gasteiger charge is 2.39. The number of carbonyl (C=O) groups excluding carboxylic acids is 1. The number of anilines is 1. The molecule has 4 rings (SSSR count). The highest BCUT2D eigenvalue weighted by molar-refractivity contribution is 5.92. The monoisotopic (exact) mass is 294 g/mol. The molecule has 2 aromatic heterocycles. The summed E-state index contributed by atoms with van der Waals surface area (Å²) in [6, 6.07) is 5.76. The Balaban J connectivity index is 1.40. The molecule has 1 saturated carbocycles. The third kappa shape index (κ3) is 2.54. The summed E-state index contributed by atoms with van der Waals surface area (Å²) in [5.41, 5.74) is 1.08. The normalized spacial score (nSPS) is 25.5. The fourth-order valence-electron chi connectivity index (χ4n) is 3.50. The number of rotatable bonds is 4. The van der Waals surface area contributed by atoms with Gasteiger partial charge in [0.2, 0.25) is 5.91 Å². The standard InChI is InChI=1S/C17H18N4O/c22-17(15-9-12-3-4-14(15)8-12)19-16-5-7-21(20-16)11-13-2-1-6-18-10-13/h1-7,10,12,14-15H,8-9,11H2,(H,19,20,22)/t12-,14-,15+/m0/s1. The van der Waals surface area contributed by atoms with Crippen LogP contribution < -0.4 is 5.32 Å². The first-order valence-corrected chi connectivity index (χ1v) is 7.69. The summed E-state index contributed by atoms with van der Waals surface area (Å²) in [6.45, 7) is 0.653. The van der Waals surface area contributed by atoms with Crippen molar-refractivity contribution in [2.24, 2.45) is 17.8 Å². The first kappa shape index (κ1) is 13.2. The molecule has 0 spiro atoms. The number of nitrogens with zero attached hydrogens (tertiary/aromatic N) is 3. The Bertz CT molecular complexity index is 706. The zero-order chi connectivity index (χ0) is 14.9. The van der Waals surface area contributed by atoms with E-state index in [4.69, 9.17) is 0 Å². The van der Waals surface area contributed by atoms with Crippen molar-refractivity contribution in [3.05, 3.63) is 54.5 Å². The number of nitrogens with one attached hydrogen (secondary N) is 1. The number of amides is 1. The average Bonchev–Trinajstić information content (AvgIpc) is 3.25. The van der Waals surface area contributed by atoms with E-state index < -0.39 is 0 Å². The summed E-state index contributed by atoms with van der Waals surface area (Å²) in [5.74, 6) is 1.86. The molecule has 1 amide bonds. The number of pyridine rings is 1. The van der Waals surface area contributed by atoms with E-state index in [1.54, 1.807) is 6.20 Å². The van der Waals surface area contributed by atoms with Crippen LogP contribution in [0.25, 0.3) is 0 Å². The predicted molar refractivity (Wildman–Crippen MR) is 83.0 cm³/mol. The number of carbonyl (C=O) groups is 1. The molecule has 5 heteroatoms. The van der Waals surface area contributed by atoms with Crippen molar-refractivity contribution in [1.82, 2.24) is 14.8 Å². The van der Waals surface area contributed by atoms with Gasteiger partial charge in [-0.2, -0.15) is 5.10 Å². The first-order chi connectivity index (χ1) is 10.8. The maximum absolute atomic E-state index is 12.4. The Kier molecular flexibility index (Phi) is 3.25. The molecule has 5 nitrogen and oxygen atoms in total. The Morgan fingerprint density at radius 2 is 2.27 bits per heavy atom. The van der Waals surface area contributed by atoms with Crippen molar-refractivity contribution in [3.8, 4) is 0 Å². The minimum atomic E-state index is 0.100. The Labute approximate surface area is 129 Å². The quantitative estimate of drug-likeness (QED) is 0.881. The molecule has 2 heterocycles. The summed E-state index contributed by atoms with van der Waals surface area (Å²) in [5, 5.41) is 7.37. The van der Waals surface area contributed by atoms with Crippen molar-refractivity contribution >= 4 is 11.7 Å². The van der Waals surface area contributed by atoms with Crippen molar-refractivity contribution in [3.63, 3.8) is 0 Å². The SMILES string of the molecule is O=C(Nc1ccn(Cc2cccnc2)n1)[C@@H]1C[C@H]2C=C[C@H]1C2. The van der Waals surface area contributed by atoms with Crippen molar-refractivity contribution in [1.29, 1.82) is 0 Å². The number of aromatic nitrogens is 3. The molecule has 1 fully saturated rings. The molecule has 0 saturated heterocycles. The highest BCUT2D eigenvalue weighted by Crippen LogP contribution is 2.43. The fourth-order valence-corrected chi connectivity index (χ4v) is 3.50. The Hall–Kier alpha value is -2.43. The van der Waals surface area contributed by atoms with Crippen molar-refractivity contribution in [2.75, 3.05) is 5.32 Å². The van der Waals surface area contributed by atoms with E-state index in [1.807, 2.05) is 35.3 Å². The molecular formula is C17H18N4O. The summed E-state index contributed by atoms with van der Waals surface area (Å²) in [6.07, 6.45) is 12.0. The fraction of sp³-hybridized carbons (Fsp3) is 0.353. The van der Waals surface area contributed by atoms with Crippen molar-refractivity contribution < 1.29 is 4.79 Å². The van der Waals surface area contributed by atoms with E-state index in [0.717, 1.165) is 18.4 Å². The van der Waals surface area contributed by atoms with Crippen LogP contribution >= 0.6 is 0 Å². The van der Waals surface area contributed by atoms with Crippen LogP contribution in [0.1, 0.15) is 18.4 Å². The average molecular weight is 294 g/mol. The molecule has 2 bridgehead atoms. The Morgan fingerprint density at radius 3 is 3.00 bits per heavy atom. The van der Waals surface area contributed by atoms with Gasteiger partial charge < -0.3 is 5.32 Å². The van der Waals surface area contributed by atoms with Crippen LogP contribution in [0.4, 0.5) is 5.82 Å². The zero-order valence-corrected chi connectivity index (χ0v) is 12.2. The molecule has 2 aliphatic rings. The number of fused-ring (bicyclic) bond motifs is 2. The molecular weight excluding hydrogens is 276 g/mol. The van der Waals surface area contributed by atoms with Gasteiger partial charge in [-0.05, 0) is 36.3 Å². The highest BCUT2D eigenvalue weighted by atomic mass is 16.2. The van der Waals surface area contributed by atoms with Crippen LogP contribution in [0.5, 0.6) is 0 Å². The van der Waals surface area contributed by atoms with Gasteiger partial charge in [-0.3, -0.25) is 14.5 Å². The first-order valence-electron chi connectivity index (χ1n) is 7.69. The summed E-state index contributed by atoms with van der Waals surface area (Å²) < 4.78 is 1.81. The van der Waals surface area contributed by atoms with Gasteiger partial charge in [-0.25, -0.2) is 0 Å². The number of hydrogen-bond donors (Lipinski definition) is 1. The van der Waals surface area contributed by atoms with Gasteiger partial charge in [-0.1, -0.05) is 18.2 Å². The van der Waals surface area contributed by atoms with Crippen LogP contribution in [0.15, 0.2) is 48.9 Å². The predicted octanol–water partition coefficient (Wildman–Crippen LogP) is 2.48. The van der Waals surface area contributed by atoms with Gasteiger partial charge in [0.05, 0.1) is 6.54 Å². The van der Waals surface area contributed by atoms with Crippen LogP contribution in [0.3, 0.4) is 0 Å². The smallest absolute Gasteiger partial charge is 0.229 e. The maximum Gasteiger partial charge on any atom is 0.229 e. The van der Waals surface area contributed by atoms with Crippen molar-refractivity contribution in [2.45, 2.75) is 19.4 Å². The van der Waals surface area contributed by atoms with Gasteiger partial charge in [0.25, 0.3) is 0 Å². The maximum atomic E-state index is 12.4. The van der Waals surface area contributed by atoms with Gasteiger partial charge >= 0.3 is 0 Å². The van der Waals surface area contributed by atoms with Crippen LogP contribution in [0.2, 0.25) is 0 Å². The molecule has 0 unspecified atom stereocenters. The largest absolute Gasteiger partial charge is 0.309 e. The van der Waals surface area contributed by atoms with E-state index >= 15 is 0 Å². The van der Waals surface area contributed by atoms with E-state index in [9.17, 15) is 4.79 Å².